The Morgan fingerprint density at radius 2 is 1.86 bits per heavy atom. The van der Waals surface area contributed by atoms with Gasteiger partial charge in [-0.05, 0) is 70.4 Å². The van der Waals surface area contributed by atoms with Crippen LogP contribution in [0.2, 0.25) is 0 Å². The maximum absolute atomic E-state index is 13.4. The van der Waals surface area contributed by atoms with Gasteiger partial charge in [-0.3, -0.25) is 9.59 Å². The van der Waals surface area contributed by atoms with Crippen LogP contribution in [0.15, 0.2) is 0 Å². The van der Waals surface area contributed by atoms with E-state index in [0.717, 1.165) is 23.9 Å². The molecule has 0 atom stereocenters. The Balaban J connectivity index is 2.05. The van der Waals surface area contributed by atoms with E-state index >= 15 is 0 Å². The first-order valence-electron chi connectivity index (χ1n) is 9.63. The molecular weight excluding hydrogens is 416 g/mol. The van der Waals surface area contributed by atoms with Crippen molar-refractivity contribution < 1.29 is 19.1 Å². The van der Waals surface area contributed by atoms with Gasteiger partial charge < -0.3 is 15.0 Å². The van der Waals surface area contributed by atoms with E-state index in [1.54, 1.807) is 20.8 Å². The lowest BCUT2D eigenvalue weighted by atomic mass is 9.83. The van der Waals surface area contributed by atoms with Crippen LogP contribution in [-0.2, 0) is 21.6 Å². The number of ether oxygens (including phenoxy) is 1. The van der Waals surface area contributed by atoms with E-state index < -0.39 is 31.8 Å². The fraction of sp³-hybridized carbons (Fsp3) is 0.684. The molecular formula is C19H29ClN4O4S. The normalized spacial score (nSPS) is 19.9. The highest BCUT2D eigenvalue weighted by atomic mass is 35.5. The van der Waals surface area contributed by atoms with Crippen LogP contribution in [0.5, 0.6) is 0 Å². The smallest absolute Gasteiger partial charge is 0.436 e. The maximum Gasteiger partial charge on any atom is 0.436 e. The van der Waals surface area contributed by atoms with Crippen molar-refractivity contribution >= 4 is 44.8 Å². The van der Waals surface area contributed by atoms with E-state index in [-0.39, 0.29) is 24.9 Å². The minimum Gasteiger partial charge on any atom is -0.448 e. The quantitative estimate of drug-likeness (QED) is 0.562. The number of carbonyl (C=O) groups excluding carboxylic acids is 3. The summed E-state index contributed by atoms with van der Waals surface area (Å²) in [6.07, 6.45) is 8.40. The van der Waals surface area contributed by atoms with Gasteiger partial charge in [0.05, 0.1) is 29.1 Å². The number of amides is 2. The predicted molar refractivity (Wildman–Crippen MR) is 115 cm³/mol. The van der Waals surface area contributed by atoms with Crippen LogP contribution in [0, 0.1) is 0 Å². The molecule has 1 aliphatic heterocycles. The number of anilines is 1. The molecule has 2 amide bonds. The van der Waals surface area contributed by atoms with Crippen LogP contribution in [0.4, 0.5) is 15.4 Å². The van der Waals surface area contributed by atoms with Crippen LogP contribution in [0.25, 0.3) is 0 Å². The molecule has 0 aromatic carbocycles. The largest absolute Gasteiger partial charge is 0.448 e. The number of halogens is 1. The minimum absolute atomic E-state index is 0.104. The molecule has 8 nitrogen and oxygen atoms in total. The Morgan fingerprint density at radius 1 is 1.24 bits per heavy atom. The zero-order valence-electron chi connectivity index (χ0n) is 17.8. The van der Waals surface area contributed by atoms with Crippen molar-refractivity contribution in [1.29, 1.82) is 0 Å². The number of rotatable bonds is 4. The molecule has 1 saturated carbocycles. The molecule has 0 unspecified atom stereocenters. The molecule has 2 aliphatic rings. The van der Waals surface area contributed by atoms with Gasteiger partial charge in [0.2, 0.25) is 5.91 Å². The molecule has 0 saturated heterocycles. The Bertz CT molecular complexity index is 870. The summed E-state index contributed by atoms with van der Waals surface area (Å²) in [7, 11) is -1.18. The molecule has 1 aliphatic carbocycles. The lowest BCUT2D eigenvalue weighted by Crippen LogP contribution is -2.52. The summed E-state index contributed by atoms with van der Waals surface area (Å²) in [4.78, 5) is 39.3. The second-order valence-electron chi connectivity index (χ2n) is 8.82. The summed E-state index contributed by atoms with van der Waals surface area (Å²) in [5.74, 6) is 0.167. The first-order valence-corrected chi connectivity index (χ1v) is 12.9. The summed E-state index contributed by atoms with van der Waals surface area (Å²) < 4.78 is 5.81. The molecule has 1 N–H and O–H groups in total. The van der Waals surface area contributed by atoms with Crippen LogP contribution in [0.1, 0.15) is 51.3 Å². The molecule has 3 rings (SSSR count). The van der Waals surface area contributed by atoms with E-state index in [4.69, 9.17) is 16.3 Å². The molecule has 1 fully saturated rings. The zero-order chi connectivity index (χ0) is 21.8. The van der Waals surface area contributed by atoms with E-state index in [2.05, 4.69) is 29.2 Å². The summed E-state index contributed by atoms with van der Waals surface area (Å²) in [6, 6.07) is 0. The van der Waals surface area contributed by atoms with Crippen molar-refractivity contribution in [1.82, 2.24) is 14.7 Å². The first-order chi connectivity index (χ1) is 13.4. The second kappa shape index (κ2) is 7.19. The average molecular weight is 445 g/mol. The van der Waals surface area contributed by atoms with Gasteiger partial charge in [0.1, 0.15) is 5.82 Å². The summed E-state index contributed by atoms with van der Waals surface area (Å²) in [5.41, 5.74) is 0.332. The van der Waals surface area contributed by atoms with E-state index in [1.807, 2.05) is 0 Å². The predicted octanol–water partition coefficient (Wildman–Crippen LogP) is 3.85. The van der Waals surface area contributed by atoms with Gasteiger partial charge in [0.15, 0.2) is 0 Å². The Labute approximate surface area is 177 Å². The molecule has 0 bridgehead atoms. The topological polar surface area (TPSA) is 93.5 Å². The standard InChI is InChI=1S/C19H29ClN4O4S/c1-7-28-17(27)24-14(21-15(25)19(9-8-10-19)29(4,5)6)12-11-23(16(20)26)18(2,3)13(12)22-24/h7-11H2,1-6H3,(H,21,25). The Hall–Kier alpha value is -1.74. The van der Waals surface area contributed by atoms with Crippen molar-refractivity contribution in [3.8, 4) is 0 Å². The van der Waals surface area contributed by atoms with Crippen molar-refractivity contribution in [3.05, 3.63) is 11.3 Å². The molecule has 162 valence electrons. The number of nitrogens with zero attached hydrogens (tertiary/aromatic N) is 3. The zero-order valence-corrected chi connectivity index (χ0v) is 19.4. The average Bonchev–Trinajstić information content (AvgIpc) is 3.00. The molecule has 0 radical (unpaired) electrons. The molecule has 10 heteroatoms. The molecule has 2 heterocycles. The highest BCUT2D eigenvalue weighted by Gasteiger charge is 2.52. The van der Waals surface area contributed by atoms with Gasteiger partial charge in [-0.15, -0.1) is 4.68 Å². The number of hydrogen-bond acceptors (Lipinski definition) is 5. The molecule has 0 spiro atoms. The van der Waals surface area contributed by atoms with Crippen LogP contribution in [0.3, 0.4) is 0 Å². The van der Waals surface area contributed by atoms with Gasteiger partial charge in [0, 0.05) is 5.56 Å². The van der Waals surface area contributed by atoms with Gasteiger partial charge >= 0.3 is 11.5 Å². The van der Waals surface area contributed by atoms with Crippen molar-refractivity contribution in [2.75, 3.05) is 30.7 Å². The molecule has 29 heavy (non-hydrogen) atoms. The second-order valence-corrected chi connectivity index (χ2v) is 13.6. The van der Waals surface area contributed by atoms with Gasteiger partial charge in [-0.1, -0.05) is 0 Å². The van der Waals surface area contributed by atoms with E-state index in [1.165, 1.54) is 4.90 Å². The summed E-state index contributed by atoms with van der Waals surface area (Å²) in [6.45, 7) is 5.66. The third-order valence-corrected chi connectivity index (χ3v) is 9.33. The van der Waals surface area contributed by atoms with Crippen LogP contribution >= 0.6 is 21.6 Å². The van der Waals surface area contributed by atoms with Gasteiger partial charge in [0.25, 0.3) is 0 Å². The molecule has 1 aromatic rings. The number of hydrogen-bond donors (Lipinski definition) is 1. The van der Waals surface area contributed by atoms with Crippen molar-refractivity contribution in [2.45, 2.75) is 56.9 Å². The number of aromatic nitrogens is 2. The third kappa shape index (κ3) is 3.32. The van der Waals surface area contributed by atoms with E-state index in [9.17, 15) is 14.4 Å². The minimum atomic E-state index is -1.18. The Kier molecular flexibility index (Phi) is 5.45. The van der Waals surface area contributed by atoms with Crippen LogP contribution < -0.4 is 5.32 Å². The fourth-order valence-electron chi connectivity index (χ4n) is 4.14. The monoisotopic (exact) mass is 444 g/mol. The summed E-state index contributed by atoms with van der Waals surface area (Å²) in [5, 5.41) is 6.79. The van der Waals surface area contributed by atoms with Crippen LogP contribution in [-0.4, -0.2) is 62.2 Å². The lowest BCUT2D eigenvalue weighted by Gasteiger charge is -2.53. The summed E-state index contributed by atoms with van der Waals surface area (Å²) >= 11 is 5.77. The fourth-order valence-corrected chi connectivity index (χ4v) is 6.53. The number of fused-ring (bicyclic) bond motifs is 1. The van der Waals surface area contributed by atoms with Crippen molar-refractivity contribution in [2.24, 2.45) is 0 Å². The third-order valence-electron chi connectivity index (χ3n) is 6.19. The SMILES string of the molecule is CCOC(=O)n1nc2c(c1NC(=O)C1(S(C)(C)C)CCC1)CN(C(=O)Cl)C2(C)C. The molecule has 1 aromatic heterocycles. The first kappa shape index (κ1) is 22.0. The highest BCUT2D eigenvalue weighted by Crippen LogP contribution is 2.60. The van der Waals surface area contributed by atoms with Gasteiger partial charge in [-0.25, -0.2) is 14.8 Å². The number of carbonyl (C=O) groups is 3. The Morgan fingerprint density at radius 3 is 2.31 bits per heavy atom. The van der Waals surface area contributed by atoms with Gasteiger partial charge in [-0.2, -0.15) is 5.10 Å². The van der Waals surface area contributed by atoms with E-state index in [0.29, 0.717) is 11.3 Å². The lowest BCUT2D eigenvalue weighted by molar-refractivity contribution is -0.120. The highest BCUT2D eigenvalue weighted by molar-refractivity contribution is 8.33. The number of nitrogens with one attached hydrogen (secondary N) is 1. The maximum atomic E-state index is 13.4. The van der Waals surface area contributed by atoms with Crippen molar-refractivity contribution in [3.63, 3.8) is 0 Å².